The summed E-state index contributed by atoms with van der Waals surface area (Å²) < 4.78 is 37.5. The Morgan fingerprint density at radius 1 is 1.10 bits per heavy atom. The molecule has 0 unspecified atom stereocenters. The number of para-hydroxylation sites is 1. The molecule has 0 fully saturated rings. The second-order valence-electron chi connectivity index (χ2n) is 9.41. The highest BCUT2D eigenvalue weighted by Gasteiger charge is 2.30. The third-order valence-electron chi connectivity index (χ3n) is 7.14. The second-order valence-corrected chi connectivity index (χ2v) is 9.41. The summed E-state index contributed by atoms with van der Waals surface area (Å²) in [5.41, 5.74) is 3.58. The SMILES string of the molecule is N#Cc1ccc(-c2nc(-n3cnc4c3C=C(F)CC4)nc3c2[nH]c(=O)n3[C@@H]2CCOc3c(F)cccc32)cc1. The van der Waals surface area contributed by atoms with Gasteiger partial charge in [-0.3, -0.25) is 9.13 Å². The number of fused-ring (bicyclic) bond motifs is 3. The zero-order chi connectivity index (χ0) is 26.7. The number of benzene rings is 2. The van der Waals surface area contributed by atoms with Crippen LogP contribution >= 0.6 is 0 Å². The van der Waals surface area contributed by atoms with Crippen molar-refractivity contribution in [2.75, 3.05) is 6.61 Å². The largest absolute Gasteiger partial charge is 0.490 e. The molecule has 2 aliphatic rings. The zero-order valence-electron chi connectivity index (χ0n) is 20.4. The Balaban J connectivity index is 1.51. The predicted molar refractivity (Wildman–Crippen MR) is 137 cm³/mol. The number of ether oxygens (including phenoxy) is 1. The number of nitrogens with zero attached hydrogens (tertiary/aromatic N) is 6. The van der Waals surface area contributed by atoms with Crippen LogP contribution in [-0.2, 0) is 6.42 Å². The van der Waals surface area contributed by atoms with Gasteiger partial charge in [-0.2, -0.15) is 10.2 Å². The van der Waals surface area contributed by atoms with E-state index in [4.69, 9.17) is 14.7 Å². The Morgan fingerprint density at radius 2 is 1.95 bits per heavy atom. The van der Waals surface area contributed by atoms with Gasteiger partial charge >= 0.3 is 5.69 Å². The molecule has 0 amide bonds. The first kappa shape index (κ1) is 23.0. The van der Waals surface area contributed by atoms with Crippen LogP contribution in [0.1, 0.15) is 41.4 Å². The van der Waals surface area contributed by atoms with Crippen LogP contribution in [-0.4, -0.2) is 35.7 Å². The van der Waals surface area contributed by atoms with E-state index in [0.29, 0.717) is 52.1 Å². The number of aromatic amines is 1. The summed E-state index contributed by atoms with van der Waals surface area (Å²) in [6.45, 7) is 0.219. The molecule has 39 heavy (non-hydrogen) atoms. The molecule has 0 spiro atoms. The van der Waals surface area contributed by atoms with E-state index in [2.05, 4.69) is 16.0 Å². The van der Waals surface area contributed by atoms with Crippen LogP contribution in [0.25, 0.3) is 34.4 Å². The van der Waals surface area contributed by atoms with Gasteiger partial charge in [0.25, 0.3) is 0 Å². The first-order valence-electron chi connectivity index (χ1n) is 12.4. The van der Waals surface area contributed by atoms with Crippen LogP contribution in [0.15, 0.2) is 59.4 Å². The fraction of sp³-hybridized carbons (Fsp3) is 0.179. The van der Waals surface area contributed by atoms with E-state index < -0.39 is 17.5 Å². The average molecular weight is 524 g/mol. The molecule has 11 heteroatoms. The van der Waals surface area contributed by atoms with E-state index >= 15 is 0 Å². The number of nitrogens with one attached hydrogen (secondary N) is 1. The fourth-order valence-electron chi connectivity index (χ4n) is 5.29. The molecule has 192 valence electrons. The minimum absolute atomic E-state index is 0.112. The molecule has 0 saturated heterocycles. The molecular weight excluding hydrogens is 504 g/mol. The van der Waals surface area contributed by atoms with Crippen molar-refractivity contribution in [1.29, 1.82) is 5.26 Å². The lowest BCUT2D eigenvalue weighted by Gasteiger charge is -2.26. The van der Waals surface area contributed by atoms with E-state index in [1.807, 2.05) is 0 Å². The van der Waals surface area contributed by atoms with Gasteiger partial charge in [-0.15, -0.1) is 0 Å². The van der Waals surface area contributed by atoms with Gasteiger partial charge in [-0.1, -0.05) is 24.3 Å². The smallest absolute Gasteiger partial charge is 0.328 e. The van der Waals surface area contributed by atoms with Gasteiger partial charge in [0, 0.05) is 24.0 Å². The van der Waals surface area contributed by atoms with Crippen LogP contribution in [0.2, 0.25) is 0 Å². The number of H-pyrrole nitrogens is 1. The highest BCUT2D eigenvalue weighted by molar-refractivity contribution is 5.88. The fourth-order valence-corrected chi connectivity index (χ4v) is 5.29. The Hall–Kier alpha value is -5.11. The van der Waals surface area contributed by atoms with Crippen LogP contribution in [0.4, 0.5) is 8.78 Å². The van der Waals surface area contributed by atoms with Gasteiger partial charge in [0.15, 0.2) is 17.2 Å². The number of halogens is 2. The molecule has 5 aromatic rings. The molecule has 1 aliphatic carbocycles. The van der Waals surface area contributed by atoms with Crippen LogP contribution in [0, 0.1) is 17.1 Å². The summed E-state index contributed by atoms with van der Waals surface area (Å²) in [5, 5.41) is 9.25. The third kappa shape index (κ3) is 3.64. The molecule has 3 aromatic heterocycles. The molecule has 1 N–H and O–H groups in total. The minimum atomic E-state index is -0.545. The highest BCUT2D eigenvalue weighted by Crippen LogP contribution is 2.38. The van der Waals surface area contributed by atoms with Crippen molar-refractivity contribution in [2.24, 2.45) is 0 Å². The van der Waals surface area contributed by atoms with Crippen molar-refractivity contribution >= 4 is 17.2 Å². The van der Waals surface area contributed by atoms with E-state index in [-0.39, 0.29) is 30.6 Å². The maximum absolute atomic E-state index is 14.6. The summed E-state index contributed by atoms with van der Waals surface area (Å²) in [5.74, 6) is -0.462. The van der Waals surface area contributed by atoms with Gasteiger partial charge in [-0.25, -0.2) is 23.5 Å². The number of imidazole rings is 2. The molecule has 0 saturated carbocycles. The van der Waals surface area contributed by atoms with Crippen molar-refractivity contribution < 1.29 is 13.5 Å². The molecular formula is C28H19F2N7O2. The molecule has 4 heterocycles. The van der Waals surface area contributed by atoms with E-state index in [1.54, 1.807) is 41.0 Å². The summed E-state index contributed by atoms with van der Waals surface area (Å²) >= 11 is 0. The standard InChI is InChI=1S/C28H19F2N7O2/c29-17-8-9-20-22(12-17)36(14-32-20)27-33-23(16-6-4-15(13-31)5-7-16)24-26(35-27)37(28(38)34-24)21-10-11-39-25-18(21)2-1-3-19(25)30/h1-7,12,14,21H,8-11H2,(H,34,38)/t21-/m1/s1. The first-order valence-corrected chi connectivity index (χ1v) is 12.4. The third-order valence-corrected chi connectivity index (χ3v) is 7.14. The van der Waals surface area contributed by atoms with Gasteiger partial charge in [0.05, 0.1) is 35.7 Å². The van der Waals surface area contributed by atoms with Crippen molar-refractivity contribution in [3.8, 4) is 29.0 Å². The topological polar surface area (TPSA) is 114 Å². The summed E-state index contributed by atoms with van der Waals surface area (Å²) in [6.07, 6.45) is 4.11. The van der Waals surface area contributed by atoms with E-state index in [0.717, 1.165) is 5.69 Å². The molecule has 1 aliphatic heterocycles. The molecule has 2 aromatic carbocycles. The average Bonchev–Trinajstić information content (AvgIpc) is 3.52. The zero-order valence-corrected chi connectivity index (χ0v) is 20.4. The number of rotatable bonds is 3. The molecule has 7 rings (SSSR count). The van der Waals surface area contributed by atoms with Crippen molar-refractivity contribution in [1.82, 2.24) is 29.1 Å². The van der Waals surface area contributed by atoms with E-state index in [9.17, 15) is 18.8 Å². The monoisotopic (exact) mass is 523 g/mol. The normalized spacial score (nSPS) is 16.2. The molecule has 0 bridgehead atoms. The number of nitriles is 1. The Kier molecular flexibility index (Phi) is 5.16. The van der Waals surface area contributed by atoms with Gasteiger partial charge in [0.2, 0.25) is 5.95 Å². The van der Waals surface area contributed by atoms with E-state index in [1.165, 1.54) is 23.0 Å². The predicted octanol–water partition coefficient (Wildman–Crippen LogP) is 4.61. The maximum atomic E-state index is 14.6. The lowest BCUT2D eigenvalue weighted by molar-refractivity contribution is 0.244. The number of hydrogen-bond donors (Lipinski definition) is 1. The number of hydrogen-bond acceptors (Lipinski definition) is 6. The lowest BCUT2D eigenvalue weighted by Crippen LogP contribution is -2.28. The van der Waals surface area contributed by atoms with Gasteiger partial charge < -0.3 is 9.72 Å². The molecule has 9 nitrogen and oxygen atoms in total. The second kappa shape index (κ2) is 8.73. The minimum Gasteiger partial charge on any atom is -0.490 e. The Morgan fingerprint density at radius 3 is 2.77 bits per heavy atom. The van der Waals surface area contributed by atoms with Crippen molar-refractivity contribution in [3.05, 3.63) is 93.4 Å². The Labute approximate surface area is 219 Å². The summed E-state index contributed by atoms with van der Waals surface area (Å²) in [6, 6.07) is 13.0. The van der Waals surface area contributed by atoms with Crippen molar-refractivity contribution in [2.45, 2.75) is 25.3 Å². The molecule has 0 radical (unpaired) electrons. The maximum Gasteiger partial charge on any atom is 0.328 e. The number of aromatic nitrogens is 6. The lowest BCUT2D eigenvalue weighted by atomic mass is 10.00. The molecule has 1 atom stereocenters. The number of aryl methyl sites for hydroxylation is 1. The number of allylic oxidation sites excluding steroid dienone is 1. The summed E-state index contributed by atoms with van der Waals surface area (Å²) in [4.78, 5) is 30.3. The van der Waals surface area contributed by atoms with Gasteiger partial charge in [0.1, 0.15) is 23.4 Å². The van der Waals surface area contributed by atoms with Crippen LogP contribution in [0.3, 0.4) is 0 Å². The highest BCUT2D eigenvalue weighted by atomic mass is 19.1. The first-order chi connectivity index (χ1) is 19.0. The quantitative estimate of drug-likeness (QED) is 0.369. The Bertz CT molecular complexity index is 1910. The van der Waals surface area contributed by atoms with Crippen LogP contribution in [0.5, 0.6) is 5.75 Å². The van der Waals surface area contributed by atoms with Crippen molar-refractivity contribution in [3.63, 3.8) is 0 Å². The summed E-state index contributed by atoms with van der Waals surface area (Å²) in [7, 11) is 0. The van der Waals surface area contributed by atoms with Gasteiger partial charge in [-0.05, 0) is 30.7 Å². The van der Waals surface area contributed by atoms with Crippen LogP contribution < -0.4 is 10.4 Å².